The van der Waals surface area contributed by atoms with E-state index < -0.39 is 5.82 Å². The fraction of sp³-hybridized carbons (Fsp3) is 0. The summed E-state index contributed by atoms with van der Waals surface area (Å²) >= 11 is 1.23. The van der Waals surface area contributed by atoms with Gasteiger partial charge in [0.05, 0.1) is 4.70 Å². The van der Waals surface area contributed by atoms with Gasteiger partial charge in [0.15, 0.2) is 11.6 Å². The summed E-state index contributed by atoms with van der Waals surface area (Å²) < 4.78 is 13.5. The summed E-state index contributed by atoms with van der Waals surface area (Å²) in [7, 11) is 0. The fourth-order valence-electron chi connectivity index (χ4n) is 1.11. The molecular weight excluding hydrogens is 177 g/mol. The van der Waals surface area contributed by atoms with E-state index >= 15 is 0 Å². The number of fused-ring (bicyclic) bond motifs is 1. The Labute approximate surface area is 72.1 Å². The third-order valence-corrected chi connectivity index (χ3v) is 2.60. The molecule has 3 N–H and O–H groups in total. The van der Waals surface area contributed by atoms with Crippen LogP contribution in [0, 0.1) is 5.82 Å². The lowest BCUT2D eigenvalue weighted by molar-refractivity contribution is 0.437. The fourth-order valence-corrected chi connectivity index (χ4v) is 1.97. The first kappa shape index (κ1) is 7.36. The van der Waals surface area contributed by atoms with Gasteiger partial charge >= 0.3 is 0 Å². The Balaban J connectivity index is 2.97. The molecule has 0 spiro atoms. The molecule has 2 rings (SSSR count). The highest BCUT2D eigenvalue weighted by Gasteiger charge is 2.09. The van der Waals surface area contributed by atoms with Crippen LogP contribution in [-0.2, 0) is 0 Å². The van der Waals surface area contributed by atoms with Gasteiger partial charge in [-0.3, -0.25) is 0 Å². The second-order valence-corrected chi connectivity index (χ2v) is 3.38. The molecule has 0 saturated heterocycles. The molecule has 62 valence electrons. The number of phenols is 1. The molecule has 2 aromatic rings. The van der Waals surface area contributed by atoms with Crippen molar-refractivity contribution in [2.75, 3.05) is 5.73 Å². The minimum atomic E-state index is -0.589. The number of aromatic hydroxyl groups is 1. The van der Waals surface area contributed by atoms with Crippen molar-refractivity contribution < 1.29 is 9.50 Å². The van der Waals surface area contributed by atoms with Crippen molar-refractivity contribution in [2.24, 2.45) is 0 Å². The zero-order valence-corrected chi connectivity index (χ0v) is 6.86. The number of halogens is 1. The van der Waals surface area contributed by atoms with E-state index in [1.165, 1.54) is 17.4 Å². The molecule has 2 nitrogen and oxygen atoms in total. The number of hydrogen-bond acceptors (Lipinski definition) is 3. The molecule has 0 radical (unpaired) electrons. The molecule has 1 heterocycles. The van der Waals surface area contributed by atoms with Gasteiger partial charge in [0.25, 0.3) is 0 Å². The van der Waals surface area contributed by atoms with Crippen molar-refractivity contribution in [1.82, 2.24) is 0 Å². The monoisotopic (exact) mass is 183 g/mol. The van der Waals surface area contributed by atoms with Crippen LogP contribution in [0.2, 0.25) is 0 Å². The van der Waals surface area contributed by atoms with E-state index in [4.69, 9.17) is 10.8 Å². The number of phenolic OH excluding ortho intramolecular Hbond substituents is 1. The van der Waals surface area contributed by atoms with Crippen molar-refractivity contribution in [1.29, 1.82) is 0 Å². The first-order valence-electron chi connectivity index (χ1n) is 3.34. The number of thiophene rings is 1. The number of nitrogen functional groups attached to an aromatic ring is 1. The van der Waals surface area contributed by atoms with Crippen molar-refractivity contribution in [3.63, 3.8) is 0 Å². The first-order chi connectivity index (χ1) is 5.70. The smallest absolute Gasteiger partial charge is 0.182 e. The highest BCUT2D eigenvalue weighted by molar-refractivity contribution is 7.17. The summed E-state index contributed by atoms with van der Waals surface area (Å²) in [6.07, 6.45) is 0. The average molecular weight is 183 g/mol. The molecule has 12 heavy (non-hydrogen) atoms. The predicted molar refractivity (Wildman–Crippen MR) is 47.9 cm³/mol. The first-order valence-corrected chi connectivity index (χ1v) is 4.22. The van der Waals surface area contributed by atoms with Gasteiger partial charge in [-0.2, -0.15) is 0 Å². The minimum absolute atomic E-state index is 0.387. The summed E-state index contributed by atoms with van der Waals surface area (Å²) in [6, 6.07) is 2.96. The average Bonchev–Trinajstić information content (AvgIpc) is 2.48. The van der Waals surface area contributed by atoms with Crippen LogP contribution in [0.1, 0.15) is 0 Å². The molecular formula is C8H6FNOS. The molecule has 0 fully saturated rings. The van der Waals surface area contributed by atoms with Gasteiger partial charge in [0.2, 0.25) is 0 Å². The van der Waals surface area contributed by atoms with Gasteiger partial charge in [-0.25, -0.2) is 4.39 Å². The zero-order chi connectivity index (χ0) is 8.72. The van der Waals surface area contributed by atoms with Gasteiger partial charge in [-0.1, -0.05) is 0 Å². The minimum Gasteiger partial charge on any atom is -0.505 e. The normalized spacial score (nSPS) is 10.8. The van der Waals surface area contributed by atoms with Gasteiger partial charge in [0.1, 0.15) is 0 Å². The summed E-state index contributed by atoms with van der Waals surface area (Å²) in [6.45, 7) is 0. The number of anilines is 1. The van der Waals surface area contributed by atoms with Crippen molar-refractivity contribution in [3.8, 4) is 5.75 Å². The molecule has 0 aliphatic rings. The Morgan fingerprint density at radius 1 is 1.50 bits per heavy atom. The molecule has 0 amide bonds. The molecule has 0 unspecified atom stereocenters. The van der Waals surface area contributed by atoms with E-state index in [0.717, 1.165) is 0 Å². The van der Waals surface area contributed by atoms with Crippen LogP contribution in [0.5, 0.6) is 5.75 Å². The van der Waals surface area contributed by atoms with E-state index in [0.29, 0.717) is 15.8 Å². The van der Waals surface area contributed by atoms with Crippen LogP contribution in [-0.4, -0.2) is 5.11 Å². The zero-order valence-electron chi connectivity index (χ0n) is 6.04. The van der Waals surface area contributed by atoms with E-state index in [9.17, 15) is 4.39 Å². The summed E-state index contributed by atoms with van der Waals surface area (Å²) in [5.41, 5.74) is 5.96. The van der Waals surface area contributed by atoms with E-state index in [-0.39, 0.29) is 5.75 Å². The Bertz CT molecular complexity index is 438. The van der Waals surface area contributed by atoms with E-state index in [2.05, 4.69) is 0 Å². The van der Waals surface area contributed by atoms with E-state index in [1.807, 2.05) is 0 Å². The molecule has 1 aromatic carbocycles. The largest absolute Gasteiger partial charge is 0.505 e. The molecule has 1 aromatic heterocycles. The lowest BCUT2D eigenvalue weighted by atomic mass is 10.2. The summed E-state index contributed by atoms with van der Waals surface area (Å²) in [5, 5.41) is 11.5. The van der Waals surface area contributed by atoms with Gasteiger partial charge in [0, 0.05) is 17.1 Å². The van der Waals surface area contributed by atoms with Crippen molar-refractivity contribution in [3.05, 3.63) is 23.3 Å². The third kappa shape index (κ3) is 0.848. The van der Waals surface area contributed by atoms with Crippen molar-refractivity contribution >= 4 is 27.1 Å². The highest BCUT2D eigenvalue weighted by atomic mass is 32.1. The Morgan fingerprint density at radius 2 is 2.25 bits per heavy atom. The third-order valence-electron chi connectivity index (χ3n) is 1.69. The van der Waals surface area contributed by atoms with Crippen LogP contribution in [0.15, 0.2) is 17.5 Å². The number of nitrogens with two attached hydrogens (primary N) is 1. The number of hydrogen-bond donors (Lipinski definition) is 2. The Kier molecular flexibility index (Phi) is 1.44. The lowest BCUT2D eigenvalue weighted by Gasteiger charge is -1.99. The Hall–Kier alpha value is -1.29. The molecule has 0 aliphatic carbocycles. The van der Waals surface area contributed by atoms with Gasteiger partial charge < -0.3 is 10.8 Å². The topological polar surface area (TPSA) is 46.2 Å². The highest BCUT2D eigenvalue weighted by Crippen LogP contribution is 2.33. The van der Waals surface area contributed by atoms with Gasteiger partial charge in [-0.05, 0) is 11.4 Å². The molecule has 0 aliphatic heterocycles. The lowest BCUT2D eigenvalue weighted by Crippen LogP contribution is -1.86. The van der Waals surface area contributed by atoms with Crippen LogP contribution < -0.4 is 5.73 Å². The molecule has 0 bridgehead atoms. The second kappa shape index (κ2) is 2.35. The summed E-state index contributed by atoms with van der Waals surface area (Å²) in [4.78, 5) is 0. The Morgan fingerprint density at radius 3 is 3.00 bits per heavy atom. The van der Waals surface area contributed by atoms with Crippen LogP contribution in [0.25, 0.3) is 10.1 Å². The predicted octanol–water partition coefficient (Wildman–Crippen LogP) is 2.33. The maximum absolute atomic E-state index is 13.1. The summed E-state index contributed by atoms with van der Waals surface area (Å²) in [5.74, 6) is -0.975. The quantitative estimate of drug-likeness (QED) is 0.616. The standard InChI is InChI=1S/C8H6FNOS/c9-7-6(11)3-5(10)4-1-2-12-8(4)7/h1-3,11H,10H2. The number of benzene rings is 1. The van der Waals surface area contributed by atoms with Crippen molar-refractivity contribution in [2.45, 2.75) is 0 Å². The number of rotatable bonds is 0. The molecule has 0 saturated carbocycles. The van der Waals surface area contributed by atoms with Crippen LogP contribution in [0.4, 0.5) is 10.1 Å². The SMILES string of the molecule is Nc1cc(O)c(F)c2sccc12. The van der Waals surface area contributed by atoms with Crippen LogP contribution >= 0.6 is 11.3 Å². The molecule has 0 atom stereocenters. The van der Waals surface area contributed by atoms with Gasteiger partial charge in [-0.15, -0.1) is 11.3 Å². The molecule has 4 heteroatoms. The maximum atomic E-state index is 13.1. The van der Waals surface area contributed by atoms with Crippen LogP contribution in [0.3, 0.4) is 0 Å². The maximum Gasteiger partial charge on any atom is 0.182 e. The second-order valence-electron chi connectivity index (χ2n) is 2.46. The van der Waals surface area contributed by atoms with E-state index in [1.54, 1.807) is 11.4 Å².